The maximum atomic E-state index is 10.6. The molecule has 0 aliphatic rings. The van der Waals surface area contributed by atoms with Crippen molar-refractivity contribution in [3.05, 3.63) is 47.3 Å². The molecule has 0 aromatic carbocycles. The molecule has 1 rings (SSSR count). The number of carbonyl (C=O) groups is 1. The topological polar surface area (TPSA) is 55.1 Å². The maximum absolute atomic E-state index is 10.6. The number of aliphatic carboxylic acids is 1. The highest BCUT2D eigenvalue weighted by Gasteiger charge is 2.21. The van der Waals surface area contributed by atoms with Crippen LogP contribution in [-0.2, 0) is 10.3 Å². The Balaban J connectivity index is 3.09. The van der Waals surface area contributed by atoms with Gasteiger partial charge in [-0.2, -0.15) is 5.10 Å². The van der Waals surface area contributed by atoms with Crippen molar-refractivity contribution in [3.63, 3.8) is 0 Å². The lowest BCUT2D eigenvalue weighted by molar-refractivity contribution is -0.131. The molecule has 1 aromatic heterocycles. The lowest BCUT2D eigenvalue weighted by atomic mass is 10.0. The molecule has 23 heavy (non-hydrogen) atoms. The number of hydrogen-bond acceptors (Lipinski definition) is 2. The number of aromatic nitrogens is 2. The SMILES string of the molecule is CC(/C=C/C=C(\C)c1cc(C(C)C)n(C(C)(C)C)n1)=C\C(=O)O. The van der Waals surface area contributed by atoms with Crippen molar-refractivity contribution in [2.75, 3.05) is 0 Å². The van der Waals surface area contributed by atoms with Crippen LogP contribution in [0.2, 0.25) is 0 Å². The molecule has 0 aliphatic carbocycles. The van der Waals surface area contributed by atoms with Crippen LogP contribution in [0.25, 0.3) is 5.57 Å². The standard InChI is InChI=1S/C19H28N2O2/c1-13(2)17-12-16(20-21(17)19(5,6)7)15(4)10-8-9-14(3)11-18(22)23/h8-13H,1-7H3,(H,22,23)/b9-8+,14-11+,15-10+. The van der Waals surface area contributed by atoms with Crippen molar-refractivity contribution < 1.29 is 9.90 Å². The summed E-state index contributed by atoms with van der Waals surface area (Å²) in [6, 6.07) is 2.13. The maximum Gasteiger partial charge on any atom is 0.328 e. The quantitative estimate of drug-likeness (QED) is 0.630. The third-order valence-corrected chi connectivity index (χ3v) is 3.42. The van der Waals surface area contributed by atoms with Gasteiger partial charge in [-0.05, 0) is 57.7 Å². The van der Waals surface area contributed by atoms with Crippen LogP contribution in [0.4, 0.5) is 0 Å². The summed E-state index contributed by atoms with van der Waals surface area (Å²) < 4.78 is 2.09. The van der Waals surface area contributed by atoms with E-state index in [4.69, 9.17) is 10.2 Å². The van der Waals surface area contributed by atoms with Crippen molar-refractivity contribution in [2.45, 2.75) is 59.9 Å². The number of carboxylic acid groups (broad SMARTS) is 1. The summed E-state index contributed by atoms with van der Waals surface area (Å²) in [5.74, 6) is -0.530. The van der Waals surface area contributed by atoms with Gasteiger partial charge in [0.2, 0.25) is 0 Å². The predicted molar refractivity (Wildman–Crippen MR) is 95.5 cm³/mol. The van der Waals surface area contributed by atoms with E-state index in [9.17, 15) is 4.79 Å². The molecule has 1 N–H and O–H groups in total. The molecule has 126 valence electrons. The van der Waals surface area contributed by atoms with E-state index in [0.717, 1.165) is 11.3 Å². The molecule has 0 saturated heterocycles. The molecular weight excluding hydrogens is 288 g/mol. The summed E-state index contributed by atoms with van der Waals surface area (Å²) in [4.78, 5) is 10.6. The van der Waals surface area contributed by atoms with E-state index < -0.39 is 5.97 Å². The normalized spacial score (nSPS) is 14.1. The first-order valence-electron chi connectivity index (χ1n) is 7.89. The van der Waals surface area contributed by atoms with E-state index in [1.165, 1.54) is 11.8 Å². The summed E-state index contributed by atoms with van der Waals surface area (Å²) in [6.07, 6.45) is 6.78. The van der Waals surface area contributed by atoms with Crippen LogP contribution in [0.5, 0.6) is 0 Å². The van der Waals surface area contributed by atoms with Crippen molar-refractivity contribution >= 4 is 11.5 Å². The molecule has 0 aliphatic heterocycles. The van der Waals surface area contributed by atoms with E-state index in [2.05, 4.69) is 45.4 Å². The number of carboxylic acids is 1. The smallest absolute Gasteiger partial charge is 0.328 e. The molecule has 0 amide bonds. The fourth-order valence-electron chi connectivity index (χ4n) is 2.21. The number of hydrogen-bond donors (Lipinski definition) is 1. The van der Waals surface area contributed by atoms with Gasteiger partial charge >= 0.3 is 5.97 Å². The highest BCUT2D eigenvalue weighted by Crippen LogP contribution is 2.26. The summed E-state index contributed by atoms with van der Waals surface area (Å²) in [5.41, 5.74) is 3.85. The van der Waals surface area contributed by atoms with Crippen molar-refractivity contribution in [1.82, 2.24) is 9.78 Å². The first-order valence-corrected chi connectivity index (χ1v) is 7.89. The van der Waals surface area contributed by atoms with E-state index >= 15 is 0 Å². The van der Waals surface area contributed by atoms with Gasteiger partial charge in [0.15, 0.2) is 0 Å². The average Bonchev–Trinajstić information content (AvgIpc) is 2.82. The molecule has 1 aromatic rings. The van der Waals surface area contributed by atoms with Crippen LogP contribution in [0.3, 0.4) is 0 Å². The zero-order chi connectivity index (χ0) is 17.8. The van der Waals surface area contributed by atoms with Gasteiger partial charge in [0, 0.05) is 11.8 Å². The summed E-state index contributed by atoms with van der Waals surface area (Å²) in [6.45, 7) is 14.6. The van der Waals surface area contributed by atoms with Crippen molar-refractivity contribution in [3.8, 4) is 0 Å². The van der Waals surface area contributed by atoms with Crippen molar-refractivity contribution in [2.24, 2.45) is 0 Å². The Morgan fingerprint density at radius 1 is 1.30 bits per heavy atom. The highest BCUT2D eigenvalue weighted by atomic mass is 16.4. The van der Waals surface area contributed by atoms with Gasteiger partial charge in [0.25, 0.3) is 0 Å². The molecule has 0 bridgehead atoms. The lowest BCUT2D eigenvalue weighted by Gasteiger charge is -2.23. The van der Waals surface area contributed by atoms with Gasteiger partial charge in [-0.15, -0.1) is 0 Å². The third-order valence-electron chi connectivity index (χ3n) is 3.42. The summed E-state index contributed by atoms with van der Waals surface area (Å²) >= 11 is 0. The molecular formula is C19H28N2O2. The van der Waals surface area contributed by atoms with Gasteiger partial charge in [-0.25, -0.2) is 4.79 Å². The van der Waals surface area contributed by atoms with Gasteiger partial charge in [-0.1, -0.05) is 32.1 Å². The van der Waals surface area contributed by atoms with Crippen LogP contribution in [0.1, 0.15) is 65.8 Å². The van der Waals surface area contributed by atoms with E-state index in [0.29, 0.717) is 11.5 Å². The Kier molecular flexibility index (Phi) is 6.13. The fourth-order valence-corrected chi connectivity index (χ4v) is 2.21. The Labute approximate surface area is 139 Å². The van der Waals surface area contributed by atoms with Gasteiger partial charge < -0.3 is 5.11 Å². The molecule has 1 heterocycles. The van der Waals surface area contributed by atoms with E-state index in [1.54, 1.807) is 13.0 Å². The molecule has 0 saturated carbocycles. The first kappa shape index (κ1) is 18.9. The molecule has 4 heteroatoms. The van der Waals surface area contributed by atoms with Gasteiger partial charge in [0.05, 0.1) is 11.2 Å². The Bertz CT molecular complexity index is 653. The lowest BCUT2D eigenvalue weighted by Crippen LogP contribution is -2.25. The molecule has 0 fully saturated rings. The second-order valence-electron chi connectivity index (χ2n) is 7.13. The minimum atomic E-state index is -0.932. The number of nitrogens with zero attached hydrogens (tertiary/aromatic N) is 2. The second-order valence-corrected chi connectivity index (χ2v) is 7.13. The molecule has 4 nitrogen and oxygen atoms in total. The average molecular weight is 316 g/mol. The third kappa shape index (κ3) is 5.55. The minimum absolute atomic E-state index is 0.0607. The first-order chi connectivity index (χ1) is 10.5. The van der Waals surface area contributed by atoms with Gasteiger partial charge in [-0.3, -0.25) is 4.68 Å². The number of allylic oxidation sites excluding steroid dienone is 5. The molecule has 0 radical (unpaired) electrons. The molecule has 0 spiro atoms. The molecule has 0 atom stereocenters. The Hall–Kier alpha value is -2.10. The summed E-state index contributed by atoms with van der Waals surface area (Å²) in [7, 11) is 0. The second kappa shape index (κ2) is 7.44. The highest BCUT2D eigenvalue weighted by molar-refractivity contribution is 5.81. The van der Waals surface area contributed by atoms with Crippen molar-refractivity contribution in [1.29, 1.82) is 0 Å². The van der Waals surface area contributed by atoms with Gasteiger partial charge in [0.1, 0.15) is 0 Å². The van der Waals surface area contributed by atoms with E-state index in [-0.39, 0.29) is 5.54 Å². The van der Waals surface area contributed by atoms with Crippen LogP contribution in [0, 0.1) is 0 Å². The monoisotopic (exact) mass is 316 g/mol. The largest absolute Gasteiger partial charge is 0.478 e. The predicted octanol–water partition coefficient (Wildman–Crippen LogP) is 4.75. The van der Waals surface area contributed by atoms with Crippen LogP contribution in [-0.4, -0.2) is 20.9 Å². The summed E-state index contributed by atoms with van der Waals surface area (Å²) in [5, 5.41) is 13.4. The van der Waals surface area contributed by atoms with E-state index in [1.807, 2.05) is 19.1 Å². The number of rotatable bonds is 5. The van der Waals surface area contributed by atoms with Crippen LogP contribution in [0.15, 0.2) is 35.9 Å². The van der Waals surface area contributed by atoms with Crippen LogP contribution >= 0.6 is 0 Å². The Morgan fingerprint density at radius 3 is 2.35 bits per heavy atom. The molecule has 0 unspecified atom stereocenters. The zero-order valence-electron chi connectivity index (χ0n) is 15.2. The minimum Gasteiger partial charge on any atom is -0.478 e. The fraction of sp³-hybridized carbons (Fsp3) is 0.474. The zero-order valence-corrected chi connectivity index (χ0v) is 15.2. The van der Waals surface area contributed by atoms with Crippen LogP contribution < -0.4 is 0 Å². The Morgan fingerprint density at radius 2 is 1.91 bits per heavy atom.